The number of ether oxygens (including phenoxy) is 2. The zero-order chi connectivity index (χ0) is 21.3. The number of rotatable bonds is 8. The molecule has 3 aromatic heterocycles. The van der Waals surface area contributed by atoms with Gasteiger partial charge in [0, 0.05) is 12.1 Å². The fourth-order valence-corrected chi connectivity index (χ4v) is 1.98. The molecule has 13 nitrogen and oxygen atoms in total. The summed E-state index contributed by atoms with van der Waals surface area (Å²) in [5.74, 6) is -2.86. The predicted octanol–water partition coefficient (Wildman–Crippen LogP) is 0.649. The van der Waals surface area contributed by atoms with E-state index in [9.17, 15) is 19.2 Å². The highest BCUT2D eigenvalue weighted by molar-refractivity contribution is 5.96. The van der Waals surface area contributed by atoms with Gasteiger partial charge in [0.25, 0.3) is 11.8 Å². The summed E-state index contributed by atoms with van der Waals surface area (Å²) in [6, 6.07) is 6.74. The summed E-state index contributed by atoms with van der Waals surface area (Å²) in [7, 11) is 0. The third-order valence-electron chi connectivity index (χ3n) is 3.25. The van der Waals surface area contributed by atoms with Crippen LogP contribution in [0.25, 0.3) is 0 Å². The van der Waals surface area contributed by atoms with Crippen molar-refractivity contribution in [2.45, 2.75) is 0 Å². The molecule has 0 atom stereocenters. The Balaban J connectivity index is 1.49. The fourth-order valence-electron chi connectivity index (χ4n) is 1.98. The summed E-state index contributed by atoms with van der Waals surface area (Å²) in [4.78, 5) is 51.2. The molecule has 154 valence electrons. The van der Waals surface area contributed by atoms with Crippen LogP contribution in [0.15, 0.2) is 51.9 Å². The van der Waals surface area contributed by atoms with E-state index in [1.807, 2.05) is 0 Å². The smallest absolute Gasteiger partial charge is 0.357 e. The first-order valence-electron chi connectivity index (χ1n) is 8.23. The summed E-state index contributed by atoms with van der Waals surface area (Å²) >= 11 is 0. The van der Waals surface area contributed by atoms with Crippen molar-refractivity contribution >= 4 is 35.4 Å². The molecule has 0 radical (unpaired) electrons. The number of aromatic nitrogens is 3. The lowest BCUT2D eigenvalue weighted by Gasteiger charge is -2.06. The highest BCUT2D eigenvalue weighted by Crippen LogP contribution is 2.06. The summed E-state index contributed by atoms with van der Waals surface area (Å²) in [6.45, 7) is -1.21. The van der Waals surface area contributed by atoms with E-state index >= 15 is 0 Å². The first-order chi connectivity index (χ1) is 14.5. The number of nitrogens with one attached hydrogen (secondary N) is 2. The van der Waals surface area contributed by atoms with Gasteiger partial charge in [-0.1, -0.05) is 16.4 Å². The standard InChI is InChI=1S/C17H13N5O8/c23-14(19-12-4-6-29-21-12)8-27-16(25)10-2-1-3-11(18-10)17(26)28-9-15(24)20-13-5-7-30-22-13/h1-7H,8-9H2,(H,19,21,23)(H,20,22,24). The molecule has 30 heavy (non-hydrogen) atoms. The zero-order valence-corrected chi connectivity index (χ0v) is 15.1. The molecular formula is C17H13N5O8. The Labute approximate surface area is 167 Å². The molecule has 0 aliphatic rings. The largest absolute Gasteiger partial charge is 0.451 e. The average Bonchev–Trinajstić information content (AvgIpc) is 3.44. The lowest BCUT2D eigenvalue weighted by atomic mass is 10.3. The van der Waals surface area contributed by atoms with E-state index in [0.29, 0.717) is 0 Å². The van der Waals surface area contributed by atoms with Crippen LogP contribution in [0.2, 0.25) is 0 Å². The summed E-state index contributed by atoms with van der Waals surface area (Å²) < 4.78 is 18.7. The number of esters is 2. The quantitative estimate of drug-likeness (QED) is 0.494. The van der Waals surface area contributed by atoms with E-state index in [1.165, 1.54) is 42.9 Å². The molecule has 3 rings (SSSR count). The number of carbonyl (C=O) groups excluding carboxylic acids is 4. The molecule has 0 aliphatic carbocycles. The van der Waals surface area contributed by atoms with Gasteiger partial charge in [0.2, 0.25) is 0 Å². The average molecular weight is 415 g/mol. The summed E-state index contributed by atoms with van der Waals surface area (Å²) in [5.41, 5.74) is -0.462. The number of carbonyl (C=O) groups is 4. The van der Waals surface area contributed by atoms with Gasteiger partial charge in [-0.25, -0.2) is 14.6 Å². The second-order valence-corrected chi connectivity index (χ2v) is 5.43. The van der Waals surface area contributed by atoms with E-state index in [4.69, 9.17) is 9.47 Å². The van der Waals surface area contributed by atoms with E-state index in [1.54, 1.807) is 0 Å². The minimum atomic E-state index is -0.941. The highest BCUT2D eigenvalue weighted by Gasteiger charge is 2.17. The molecule has 0 saturated heterocycles. The van der Waals surface area contributed by atoms with E-state index in [-0.39, 0.29) is 23.0 Å². The highest BCUT2D eigenvalue weighted by atomic mass is 16.5. The molecule has 0 spiro atoms. The van der Waals surface area contributed by atoms with Crippen LogP contribution in [0.3, 0.4) is 0 Å². The summed E-state index contributed by atoms with van der Waals surface area (Å²) in [6.07, 6.45) is 2.52. The van der Waals surface area contributed by atoms with Crippen LogP contribution >= 0.6 is 0 Å². The van der Waals surface area contributed by atoms with Crippen molar-refractivity contribution in [1.82, 2.24) is 15.3 Å². The normalized spacial score (nSPS) is 10.1. The van der Waals surface area contributed by atoms with Crippen molar-refractivity contribution in [3.63, 3.8) is 0 Å². The molecule has 0 saturated carbocycles. The predicted molar refractivity (Wildman–Crippen MR) is 95.1 cm³/mol. The number of nitrogens with zero attached hydrogens (tertiary/aromatic N) is 3. The summed E-state index contributed by atoms with van der Waals surface area (Å²) in [5, 5.41) is 11.6. The maximum absolute atomic E-state index is 12.0. The van der Waals surface area contributed by atoms with Crippen LogP contribution in [0.4, 0.5) is 11.6 Å². The number of pyridine rings is 1. The van der Waals surface area contributed by atoms with Crippen LogP contribution < -0.4 is 10.6 Å². The van der Waals surface area contributed by atoms with Gasteiger partial charge >= 0.3 is 11.9 Å². The van der Waals surface area contributed by atoms with Crippen LogP contribution in [0.5, 0.6) is 0 Å². The van der Waals surface area contributed by atoms with Crippen molar-refractivity contribution in [2.24, 2.45) is 0 Å². The number of hydrogen-bond acceptors (Lipinski definition) is 11. The van der Waals surface area contributed by atoms with Gasteiger partial charge in [0.15, 0.2) is 24.8 Å². The van der Waals surface area contributed by atoms with Gasteiger partial charge < -0.3 is 29.2 Å². The Hall–Kier alpha value is -4.55. The monoisotopic (exact) mass is 415 g/mol. The Morgan fingerprint density at radius 1 is 0.767 bits per heavy atom. The second-order valence-electron chi connectivity index (χ2n) is 5.43. The molecule has 0 aliphatic heterocycles. The SMILES string of the molecule is O=C(COC(=O)c1cccc(C(=O)OCC(=O)Nc2ccon2)n1)Nc1ccon1. The Kier molecular flexibility index (Phi) is 6.45. The topological polar surface area (TPSA) is 176 Å². The molecule has 2 amide bonds. The lowest BCUT2D eigenvalue weighted by Crippen LogP contribution is -2.23. The molecule has 0 aromatic carbocycles. The Morgan fingerprint density at radius 3 is 1.63 bits per heavy atom. The van der Waals surface area contributed by atoms with Gasteiger partial charge in [-0.2, -0.15) is 0 Å². The van der Waals surface area contributed by atoms with Crippen molar-refractivity contribution in [3.8, 4) is 0 Å². The molecule has 0 unspecified atom stereocenters. The van der Waals surface area contributed by atoms with Gasteiger partial charge in [-0.3, -0.25) is 9.59 Å². The third-order valence-corrected chi connectivity index (χ3v) is 3.25. The maximum atomic E-state index is 12.0. The molecule has 3 heterocycles. The van der Waals surface area contributed by atoms with Gasteiger partial charge in [0.05, 0.1) is 0 Å². The molecule has 3 aromatic rings. The molecular weight excluding hydrogens is 402 g/mol. The lowest BCUT2D eigenvalue weighted by molar-refractivity contribution is -0.119. The van der Waals surface area contributed by atoms with Crippen LogP contribution in [-0.2, 0) is 19.1 Å². The van der Waals surface area contributed by atoms with E-state index in [0.717, 1.165) is 0 Å². The minimum absolute atomic E-state index is 0.159. The number of hydrogen-bond donors (Lipinski definition) is 2. The van der Waals surface area contributed by atoms with Crippen LogP contribution in [0, 0.1) is 0 Å². The van der Waals surface area contributed by atoms with E-state index in [2.05, 4.69) is 35.0 Å². The number of anilines is 2. The first kappa shape index (κ1) is 20.2. The molecule has 0 fully saturated rings. The second kappa shape index (κ2) is 9.59. The third kappa shape index (κ3) is 5.72. The Morgan fingerprint density at radius 2 is 1.23 bits per heavy atom. The number of amides is 2. The van der Waals surface area contributed by atoms with E-state index < -0.39 is 37.0 Å². The molecule has 0 bridgehead atoms. The van der Waals surface area contributed by atoms with Crippen molar-refractivity contribution in [1.29, 1.82) is 0 Å². The molecule has 13 heteroatoms. The van der Waals surface area contributed by atoms with Crippen molar-refractivity contribution in [3.05, 3.63) is 54.2 Å². The zero-order valence-electron chi connectivity index (χ0n) is 15.1. The van der Waals surface area contributed by atoms with Crippen LogP contribution in [0.1, 0.15) is 21.0 Å². The van der Waals surface area contributed by atoms with Crippen LogP contribution in [-0.4, -0.2) is 52.3 Å². The van der Waals surface area contributed by atoms with Gasteiger partial charge in [0.1, 0.15) is 23.9 Å². The van der Waals surface area contributed by atoms with Crippen molar-refractivity contribution < 1.29 is 37.7 Å². The molecule has 2 N–H and O–H groups in total. The first-order valence-corrected chi connectivity index (χ1v) is 8.23. The maximum Gasteiger partial charge on any atom is 0.357 e. The fraction of sp³-hybridized carbons (Fsp3) is 0.118. The minimum Gasteiger partial charge on any atom is -0.451 e. The van der Waals surface area contributed by atoms with Gasteiger partial charge in [-0.15, -0.1) is 0 Å². The van der Waals surface area contributed by atoms with Crippen molar-refractivity contribution in [2.75, 3.05) is 23.8 Å². The van der Waals surface area contributed by atoms with Gasteiger partial charge in [-0.05, 0) is 12.1 Å². The Bertz CT molecular complexity index is 953.